The van der Waals surface area contributed by atoms with Crippen LogP contribution in [-0.4, -0.2) is 26.9 Å². The summed E-state index contributed by atoms with van der Waals surface area (Å²) in [6, 6.07) is 9.37. The molecule has 1 heterocycles. The Morgan fingerprint density at radius 2 is 2.00 bits per heavy atom. The highest BCUT2D eigenvalue weighted by Gasteiger charge is 2.35. The van der Waals surface area contributed by atoms with E-state index in [4.69, 9.17) is 16.0 Å². The third kappa shape index (κ3) is 4.37. The van der Waals surface area contributed by atoms with Gasteiger partial charge in [-0.2, -0.15) is 5.26 Å². The molecule has 1 atom stereocenters. The van der Waals surface area contributed by atoms with Crippen molar-refractivity contribution < 1.29 is 9.21 Å². The minimum absolute atomic E-state index is 0.190. The molecule has 1 aromatic carbocycles. The van der Waals surface area contributed by atoms with Crippen LogP contribution in [0.5, 0.6) is 0 Å². The summed E-state index contributed by atoms with van der Waals surface area (Å²) < 4.78 is 5.62. The summed E-state index contributed by atoms with van der Waals surface area (Å²) in [5, 5.41) is 20.9. The van der Waals surface area contributed by atoms with Gasteiger partial charge in [-0.25, -0.2) is 0 Å². The first kappa shape index (κ1) is 18.7. The number of thioether (sulfide) groups is 1. The summed E-state index contributed by atoms with van der Waals surface area (Å²) in [6.07, 6.45) is 4.44. The van der Waals surface area contributed by atoms with E-state index in [9.17, 15) is 10.1 Å². The van der Waals surface area contributed by atoms with Crippen LogP contribution < -0.4 is 5.32 Å². The first-order chi connectivity index (χ1) is 12.5. The fraction of sp³-hybridized carbons (Fsp3) is 0.444. The van der Waals surface area contributed by atoms with Crippen molar-refractivity contribution >= 4 is 29.3 Å². The van der Waals surface area contributed by atoms with E-state index in [-0.39, 0.29) is 5.91 Å². The minimum Gasteiger partial charge on any atom is -0.411 e. The molecule has 6 nitrogen and oxygen atoms in total. The largest absolute Gasteiger partial charge is 0.411 e. The van der Waals surface area contributed by atoms with Crippen LogP contribution in [0.15, 0.2) is 33.9 Å². The van der Waals surface area contributed by atoms with E-state index in [2.05, 4.69) is 21.6 Å². The van der Waals surface area contributed by atoms with Crippen LogP contribution in [0, 0.1) is 11.3 Å². The van der Waals surface area contributed by atoms with Crippen LogP contribution in [0.4, 0.5) is 0 Å². The predicted molar refractivity (Wildman–Crippen MR) is 99.6 cm³/mol. The van der Waals surface area contributed by atoms with Gasteiger partial charge in [-0.3, -0.25) is 4.79 Å². The van der Waals surface area contributed by atoms with Gasteiger partial charge in [-0.05, 0) is 44.0 Å². The van der Waals surface area contributed by atoms with Crippen LogP contribution in [0.1, 0.15) is 39.0 Å². The van der Waals surface area contributed by atoms with Crippen molar-refractivity contribution in [3.63, 3.8) is 0 Å². The second kappa shape index (κ2) is 8.11. The number of halogens is 1. The number of benzene rings is 1. The van der Waals surface area contributed by atoms with Crippen LogP contribution in [0.2, 0.25) is 5.02 Å². The van der Waals surface area contributed by atoms with Gasteiger partial charge < -0.3 is 9.73 Å². The Hall–Kier alpha value is -2.04. The van der Waals surface area contributed by atoms with Crippen molar-refractivity contribution in [2.45, 2.75) is 55.0 Å². The molecule has 136 valence electrons. The lowest BCUT2D eigenvalue weighted by Gasteiger charge is -2.32. The van der Waals surface area contributed by atoms with Gasteiger partial charge in [0, 0.05) is 10.6 Å². The number of hydrogen-bond donors (Lipinski definition) is 1. The third-order valence-corrected chi connectivity index (χ3v) is 5.61. The van der Waals surface area contributed by atoms with Gasteiger partial charge in [-0.1, -0.05) is 42.6 Å². The van der Waals surface area contributed by atoms with Crippen molar-refractivity contribution in [2.24, 2.45) is 0 Å². The van der Waals surface area contributed by atoms with Gasteiger partial charge in [0.1, 0.15) is 5.54 Å². The van der Waals surface area contributed by atoms with Gasteiger partial charge in [0.15, 0.2) is 0 Å². The molecule has 1 aliphatic carbocycles. The van der Waals surface area contributed by atoms with E-state index in [1.54, 1.807) is 31.2 Å². The third-order valence-electron chi connectivity index (χ3n) is 4.43. The van der Waals surface area contributed by atoms with Crippen molar-refractivity contribution in [1.82, 2.24) is 15.5 Å². The summed E-state index contributed by atoms with van der Waals surface area (Å²) in [5.41, 5.74) is 0.0180. The predicted octanol–water partition coefficient (Wildman–Crippen LogP) is 4.21. The molecule has 1 aliphatic rings. The van der Waals surface area contributed by atoms with Gasteiger partial charge >= 0.3 is 0 Å². The number of rotatable bonds is 5. The number of hydrogen-bond acceptors (Lipinski definition) is 6. The molecule has 1 amide bonds. The Kier molecular flexibility index (Phi) is 5.84. The number of carbonyl (C=O) groups is 1. The fourth-order valence-electron chi connectivity index (χ4n) is 2.93. The van der Waals surface area contributed by atoms with E-state index in [1.807, 2.05) is 0 Å². The summed E-state index contributed by atoms with van der Waals surface area (Å²) in [7, 11) is 0. The van der Waals surface area contributed by atoms with E-state index >= 15 is 0 Å². The van der Waals surface area contributed by atoms with E-state index in [0.717, 1.165) is 24.8 Å². The SMILES string of the molecule is C[C@H](Sc1nnc(-c2ccc(Cl)cc2)o1)C(=O)NC1(C#N)CCCCC1. The molecule has 0 aliphatic heterocycles. The molecule has 1 N–H and O–H groups in total. The second-order valence-electron chi connectivity index (χ2n) is 6.38. The Morgan fingerprint density at radius 3 is 2.65 bits per heavy atom. The van der Waals surface area contributed by atoms with Crippen LogP contribution in [0.3, 0.4) is 0 Å². The molecule has 26 heavy (non-hydrogen) atoms. The second-order valence-corrected chi connectivity index (χ2v) is 8.11. The zero-order chi connectivity index (χ0) is 18.6. The van der Waals surface area contributed by atoms with Crippen molar-refractivity contribution in [3.8, 4) is 17.5 Å². The van der Waals surface area contributed by atoms with Gasteiger partial charge in [-0.15, -0.1) is 10.2 Å². The molecule has 0 saturated heterocycles. The minimum atomic E-state index is -0.743. The van der Waals surface area contributed by atoms with Gasteiger partial charge in [0.05, 0.1) is 11.3 Å². The molecule has 0 bridgehead atoms. The zero-order valence-corrected chi connectivity index (χ0v) is 15.9. The Bertz CT molecular complexity index is 809. The fourth-order valence-corrected chi connectivity index (χ4v) is 3.74. The average molecular weight is 391 g/mol. The monoisotopic (exact) mass is 390 g/mol. The number of nitrogens with zero attached hydrogens (tertiary/aromatic N) is 3. The van der Waals surface area contributed by atoms with E-state index in [0.29, 0.717) is 29.0 Å². The molecule has 1 saturated carbocycles. The molecule has 1 aromatic heterocycles. The maximum absolute atomic E-state index is 12.5. The first-order valence-electron chi connectivity index (χ1n) is 8.51. The van der Waals surface area contributed by atoms with Crippen LogP contribution in [0.25, 0.3) is 11.5 Å². The zero-order valence-electron chi connectivity index (χ0n) is 14.4. The van der Waals surface area contributed by atoms with Crippen molar-refractivity contribution in [3.05, 3.63) is 29.3 Å². The highest BCUT2D eigenvalue weighted by Crippen LogP contribution is 2.30. The Morgan fingerprint density at radius 1 is 1.31 bits per heavy atom. The van der Waals surface area contributed by atoms with Crippen LogP contribution in [-0.2, 0) is 4.79 Å². The number of carbonyl (C=O) groups excluding carboxylic acids is 1. The maximum Gasteiger partial charge on any atom is 0.277 e. The van der Waals surface area contributed by atoms with Gasteiger partial charge in [0.25, 0.3) is 5.22 Å². The lowest BCUT2D eigenvalue weighted by atomic mass is 9.83. The van der Waals surface area contributed by atoms with Crippen molar-refractivity contribution in [2.75, 3.05) is 0 Å². The summed E-state index contributed by atoms with van der Waals surface area (Å²) >= 11 is 7.05. The molecule has 1 fully saturated rings. The summed E-state index contributed by atoms with van der Waals surface area (Å²) in [6.45, 7) is 1.76. The molecule has 8 heteroatoms. The average Bonchev–Trinajstić information content (AvgIpc) is 3.11. The molecule has 3 rings (SSSR count). The summed E-state index contributed by atoms with van der Waals surface area (Å²) in [4.78, 5) is 12.5. The lowest BCUT2D eigenvalue weighted by molar-refractivity contribution is -0.122. The first-order valence-corrected chi connectivity index (χ1v) is 9.76. The normalized spacial score (nSPS) is 17.3. The molecule has 0 spiro atoms. The van der Waals surface area contributed by atoms with E-state index in [1.165, 1.54) is 11.8 Å². The van der Waals surface area contributed by atoms with Crippen molar-refractivity contribution in [1.29, 1.82) is 5.26 Å². The molecule has 2 aromatic rings. The number of amides is 1. The Labute approximate surface area is 161 Å². The van der Waals surface area contributed by atoms with Gasteiger partial charge in [0.2, 0.25) is 11.8 Å². The lowest BCUT2D eigenvalue weighted by Crippen LogP contribution is -2.50. The Balaban J connectivity index is 1.62. The maximum atomic E-state index is 12.5. The van der Waals surface area contributed by atoms with E-state index < -0.39 is 10.8 Å². The molecular formula is C18H19ClN4O2S. The smallest absolute Gasteiger partial charge is 0.277 e. The molecule has 0 unspecified atom stereocenters. The molecular weight excluding hydrogens is 372 g/mol. The number of nitrogens with one attached hydrogen (secondary N) is 1. The topological polar surface area (TPSA) is 91.8 Å². The highest BCUT2D eigenvalue weighted by atomic mass is 35.5. The standard InChI is InChI=1S/C18H19ClN4O2S/c1-12(15(24)21-18(11-20)9-3-2-4-10-18)26-17-23-22-16(25-17)13-5-7-14(19)8-6-13/h5-8,12H,2-4,9-10H2,1H3,(H,21,24)/t12-/m0/s1. The molecule has 0 radical (unpaired) electrons. The highest BCUT2D eigenvalue weighted by molar-refractivity contribution is 8.00. The number of nitriles is 1. The van der Waals surface area contributed by atoms with Crippen LogP contribution >= 0.6 is 23.4 Å². The quantitative estimate of drug-likeness (QED) is 0.768. The summed E-state index contributed by atoms with van der Waals surface area (Å²) in [5.74, 6) is 0.183. The number of aromatic nitrogens is 2.